The molecule has 2 saturated heterocycles. The van der Waals surface area contributed by atoms with Gasteiger partial charge in [0.05, 0.1) is 6.33 Å². The van der Waals surface area contributed by atoms with Crippen LogP contribution in [0.25, 0.3) is 11.2 Å². The summed E-state index contributed by atoms with van der Waals surface area (Å²) < 4.78 is 20.7. The highest BCUT2D eigenvalue weighted by Gasteiger charge is 2.56. The van der Waals surface area contributed by atoms with Gasteiger partial charge < -0.3 is 31.0 Å². The van der Waals surface area contributed by atoms with Crippen LogP contribution in [0.1, 0.15) is 52.8 Å². The second-order valence-corrected chi connectivity index (χ2v) is 11.6. The summed E-state index contributed by atoms with van der Waals surface area (Å²) in [4.78, 5) is 26.5. The molecule has 12 nitrogen and oxygen atoms in total. The number of amides is 2. The standard InChI is InChI=1S/C27H38N8O4/c1-26(2,3)16-7-9-17(10-8-16)34(25(29)36)12-6-11-30-13-18-20-21(39-27(4,5)38-20)24(37-18)35-15-33-19-22(28)31-14-32-23(19)35/h7-10,14-15,18,20-21,24,30H,6,11-13H2,1-5H3,(H2,29,36)(H2,28,31,32)/t18-,20-,21-,24-/m1/s1. The number of hydrogen-bond acceptors (Lipinski definition) is 9. The largest absolute Gasteiger partial charge is 0.382 e. The lowest BCUT2D eigenvalue weighted by Gasteiger charge is -2.25. The van der Waals surface area contributed by atoms with Gasteiger partial charge in [0, 0.05) is 18.8 Å². The number of nitrogens with zero attached hydrogens (tertiary/aromatic N) is 5. The number of imidazole rings is 1. The fourth-order valence-corrected chi connectivity index (χ4v) is 5.22. The lowest BCUT2D eigenvalue weighted by atomic mass is 9.87. The average Bonchev–Trinajstić information content (AvgIpc) is 3.52. The Morgan fingerprint density at radius 2 is 1.85 bits per heavy atom. The molecule has 4 atom stereocenters. The minimum Gasteiger partial charge on any atom is -0.382 e. The summed E-state index contributed by atoms with van der Waals surface area (Å²) in [6.07, 6.45) is 2.39. The summed E-state index contributed by atoms with van der Waals surface area (Å²) in [5, 5.41) is 3.44. The molecule has 5 N–H and O–H groups in total. The Bertz CT molecular complexity index is 1320. The highest BCUT2D eigenvalue weighted by Crippen LogP contribution is 2.43. The van der Waals surface area contributed by atoms with Gasteiger partial charge in [-0.25, -0.2) is 19.7 Å². The molecule has 0 aliphatic carbocycles. The van der Waals surface area contributed by atoms with Gasteiger partial charge in [0.2, 0.25) is 0 Å². The summed E-state index contributed by atoms with van der Waals surface area (Å²) in [6, 6.07) is 7.51. The van der Waals surface area contributed by atoms with E-state index in [2.05, 4.69) is 41.0 Å². The van der Waals surface area contributed by atoms with Crippen molar-refractivity contribution in [2.24, 2.45) is 5.73 Å². The molecular weight excluding hydrogens is 500 g/mol. The topological polar surface area (TPSA) is 156 Å². The maximum Gasteiger partial charge on any atom is 0.319 e. The van der Waals surface area contributed by atoms with Gasteiger partial charge in [-0.15, -0.1) is 0 Å². The lowest BCUT2D eigenvalue weighted by Crippen LogP contribution is -2.40. The van der Waals surface area contributed by atoms with E-state index < -0.39 is 18.0 Å². The molecule has 4 heterocycles. The van der Waals surface area contributed by atoms with Crippen molar-refractivity contribution in [1.29, 1.82) is 0 Å². The van der Waals surface area contributed by atoms with Crippen LogP contribution in [0.4, 0.5) is 16.3 Å². The highest BCUT2D eigenvalue weighted by molar-refractivity contribution is 5.90. The molecule has 0 spiro atoms. The molecule has 0 saturated carbocycles. The van der Waals surface area contributed by atoms with Crippen LogP contribution in [-0.2, 0) is 19.6 Å². The van der Waals surface area contributed by atoms with Crippen molar-refractivity contribution in [1.82, 2.24) is 24.8 Å². The van der Waals surface area contributed by atoms with Crippen molar-refractivity contribution in [2.45, 2.75) is 76.8 Å². The maximum absolute atomic E-state index is 12.2. The van der Waals surface area contributed by atoms with Crippen LogP contribution in [-0.4, -0.2) is 69.3 Å². The molecule has 39 heavy (non-hydrogen) atoms. The van der Waals surface area contributed by atoms with Gasteiger partial charge in [-0.1, -0.05) is 32.9 Å². The number of aromatic nitrogens is 4. The van der Waals surface area contributed by atoms with E-state index in [1.54, 1.807) is 11.2 Å². The van der Waals surface area contributed by atoms with E-state index in [1.165, 1.54) is 11.9 Å². The fraction of sp³-hybridized carbons (Fsp3) is 0.556. The van der Waals surface area contributed by atoms with Gasteiger partial charge in [0.25, 0.3) is 0 Å². The number of fused-ring (bicyclic) bond motifs is 2. The number of primary amides is 1. The zero-order valence-electron chi connectivity index (χ0n) is 23.1. The highest BCUT2D eigenvalue weighted by atomic mass is 16.8. The summed E-state index contributed by atoms with van der Waals surface area (Å²) in [7, 11) is 0. The first-order valence-electron chi connectivity index (χ1n) is 13.3. The molecule has 12 heteroatoms. The number of benzene rings is 1. The van der Waals surface area contributed by atoms with E-state index in [0.29, 0.717) is 43.0 Å². The van der Waals surface area contributed by atoms with Gasteiger partial charge in [-0.3, -0.25) is 9.47 Å². The molecule has 0 bridgehead atoms. The molecular formula is C27H38N8O4. The Kier molecular flexibility index (Phi) is 7.23. The normalized spacial score (nSPS) is 24.2. The molecule has 2 aliphatic rings. The molecule has 0 radical (unpaired) electrons. The molecule has 0 unspecified atom stereocenters. The second-order valence-electron chi connectivity index (χ2n) is 11.6. The van der Waals surface area contributed by atoms with Gasteiger partial charge >= 0.3 is 6.03 Å². The first kappa shape index (κ1) is 27.3. The summed E-state index contributed by atoms with van der Waals surface area (Å²) in [5.74, 6) is -0.435. The fourth-order valence-electron chi connectivity index (χ4n) is 5.22. The SMILES string of the molecule is CC1(C)O[C@@H]2[C@H](O1)[C@@H](CNCCCN(C(N)=O)c1ccc(C(C)(C)C)cc1)O[C@H]2n1cnc2c(N)ncnc21. The number of carbonyl (C=O) groups excluding carboxylic acids is 1. The van der Waals surface area contributed by atoms with Crippen molar-refractivity contribution in [3.8, 4) is 0 Å². The van der Waals surface area contributed by atoms with E-state index >= 15 is 0 Å². The predicted octanol–water partition coefficient (Wildman–Crippen LogP) is 2.69. The molecule has 2 aromatic heterocycles. The third-order valence-corrected chi connectivity index (χ3v) is 7.18. The first-order valence-corrected chi connectivity index (χ1v) is 13.3. The van der Waals surface area contributed by atoms with Crippen LogP contribution in [0.2, 0.25) is 0 Å². The van der Waals surface area contributed by atoms with Crippen molar-refractivity contribution in [2.75, 3.05) is 30.3 Å². The van der Waals surface area contributed by atoms with Gasteiger partial charge in [0.15, 0.2) is 23.5 Å². The molecule has 2 fully saturated rings. The minimum absolute atomic E-state index is 0.0374. The third kappa shape index (κ3) is 5.55. The summed E-state index contributed by atoms with van der Waals surface area (Å²) in [5.41, 5.74) is 14.8. The smallest absolute Gasteiger partial charge is 0.319 e. The molecule has 1 aromatic carbocycles. The van der Waals surface area contributed by atoms with Crippen LogP contribution >= 0.6 is 0 Å². The Balaban J connectivity index is 1.20. The minimum atomic E-state index is -0.745. The van der Waals surface area contributed by atoms with Crippen LogP contribution in [0.15, 0.2) is 36.9 Å². The van der Waals surface area contributed by atoms with Crippen molar-refractivity contribution >= 4 is 28.7 Å². The predicted molar refractivity (Wildman–Crippen MR) is 147 cm³/mol. The monoisotopic (exact) mass is 538 g/mol. The van der Waals surface area contributed by atoms with Crippen LogP contribution < -0.4 is 21.7 Å². The Hall–Kier alpha value is -3.32. The summed E-state index contributed by atoms with van der Waals surface area (Å²) >= 11 is 0. The third-order valence-electron chi connectivity index (χ3n) is 7.18. The van der Waals surface area contributed by atoms with Crippen molar-refractivity contribution in [3.05, 3.63) is 42.5 Å². The van der Waals surface area contributed by atoms with Gasteiger partial charge in [0.1, 0.15) is 30.2 Å². The number of urea groups is 1. The average molecular weight is 539 g/mol. The zero-order valence-corrected chi connectivity index (χ0v) is 23.1. The van der Waals surface area contributed by atoms with Crippen LogP contribution in [0.5, 0.6) is 0 Å². The number of carbonyl (C=O) groups is 1. The van der Waals surface area contributed by atoms with E-state index in [9.17, 15) is 4.79 Å². The van der Waals surface area contributed by atoms with Gasteiger partial charge in [-0.05, 0) is 49.9 Å². The Morgan fingerprint density at radius 1 is 1.13 bits per heavy atom. The Labute approximate surface area is 228 Å². The van der Waals surface area contributed by atoms with Crippen molar-refractivity contribution < 1.29 is 19.0 Å². The Morgan fingerprint density at radius 3 is 2.54 bits per heavy atom. The van der Waals surface area contributed by atoms with Crippen molar-refractivity contribution in [3.63, 3.8) is 0 Å². The number of nitrogens with two attached hydrogens (primary N) is 2. The number of anilines is 2. The van der Waals surface area contributed by atoms with E-state index in [-0.39, 0.29) is 23.7 Å². The van der Waals surface area contributed by atoms with E-state index in [0.717, 1.165) is 5.69 Å². The maximum atomic E-state index is 12.2. The number of nitrogens with one attached hydrogen (secondary N) is 1. The van der Waals surface area contributed by atoms with Crippen LogP contribution in [0, 0.1) is 0 Å². The quantitative estimate of drug-likeness (QED) is 0.367. The van der Waals surface area contributed by atoms with E-state index in [1.807, 2.05) is 42.7 Å². The van der Waals surface area contributed by atoms with Crippen LogP contribution in [0.3, 0.4) is 0 Å². The number of ether oxygens (including phenoxy) is 3. The zero-order chi connectivity index (χ0) is 27.9. The van der Waals surface area contributed by atoms with E-state index in [4.69, 9.17) is 25.7 Å². The molecule has 5 rings (SSSR count). The second kappa shape index (κ2) is 10.3. The number of nitrogen functional groups attached to an aromatic ring is 1. The molecule has 2 aliphatic heterocycles. The molecule has 210 valence electrons. The lowest BCUT2D eigenvalue weighted by molar-refractivity contribution is -0.195. The molecule has 3 aromatic rings. The molecule has 2 amide bonds. The summed E-state index contributed by atoms with van der Waals surface area (Å²) in [6.45, 7) is 11.9. The first-order chi connectivity index (χ1) is 18.4. The number of rotatable bonds is 8. The number of hydrogen-bond donors (Lipinski definition) is 3. The van der Waals surface area contributed by atoms with Gasteiger partial charge in [-0.2, -0.15) is 0 Å².